The lowest BCUT2D eigenvalue weighted by Gasteiger charge is -2.16. The van der Waals surface area contributed by atoms with Crippen molar-refractivity contribution in [3.05, 3.63) is 75.6 Å². The lowest BCUT2D eigenvalue weighted by Crippen LogP contribution is -2.32. The first-order valence-electron chi connectivity index (χ1n) is 9.74. The highest BCUT2D eigenvalue weighted by molar-refractivity contribution is 6.35. The van der Waals surface area contributed by atoms with Crippen LogP contribution in [0.3, 0.4) is 0 Å². The molecule has 0 spiro atoms. The number of aliphatic hydroxyl groups is 1. The Bertz CT molecular complexity index is 1150. The first kappa shape index (κ1) is 21.4. The first-order chi connectivity index (χ1) is 15.0. The molecule has 1 unspecified atom stereocenters. The van der Waals surface area contributed by atoms with Crippen molar-refractivity contribution >= 4 is 46.0 Å². The number of halogens is 2. The molecular formula is C22H20Cl2N4O3. The van der Waals surface area contributed by atoms with Crippen LogP contribution in [0.2, 0.25) is 5.02 Å². The summed E-state index contributed by atoms with van der Waals surface area (Å²) in [5, 5.41) is 13.5. The quantitative estimate of drug-likeness (QED) is 0.599. The molecule has 1 aliphatic heterocycles. The van der Waals surface area contributed by atoms with E-state index in [0.717, 1.165) is 0 Å². The fourth-order valence-electron chi connectivity index (χ4n) is 3.42. The third-order valence-corrected chi connectivity index (χ3v) is 5.71. The van der Waals surface area contributed by atoms with Gasteiger partial charge >= 0.3 is 0 Å². The van der Waals surface area contributed by atoms with E-state index >= 15 is 0 Å². The van der Waals surface area contributed by atoms with Gasteiger partial charge in [0.05, 0.1) is 23.2 Å². The summed E-state index contributed by atoms with van der Waals surface area (Å²) in [6.45, 7) is 0.737. The minimum absolute atomic E-state index is 0.182. The summed E-state index contributed by atoms with van der Waals surface area (Å²) < 4.78 is 0. The van der Waals surface area contributed by atoms with Gasteiger partial charge in [0.1, 0.15) is 11.9 Å². The molecule has 1 aromatic heterocycles. The SMILES string of the molecule is O=C(NC(CO)c1nc2ccc(Cl)cc2[nH]1)C1=CC=C(C(=O)N2CC=CC2)C(Cl)=CC1. The summed E-state index contributed by atoms with van der Waals surface area (Å²) in [5.41, 5.74) is 2.15. The zero-order valence-corrected chi connectivity index (χ0v) is 18.0. The summed E-state index contributed by atoms with van der Waals surface area (Å²) in [4.78, 5) is 34.7. The number of hydrogen-bond acceptors (Lipinski definition) is 4. The molecule has 7 nitrogen and oxygen atoms in total. The van der Waals surface area contributed by atoms with Crippen LogP contribution in [-0.2, 0) is 9.59 Å². The summed E-state index contributed by atoms with van der Waals surface area (Å²) >= 11 is 12.3. The number of aromatic amines is 1. The van der Waals surface area contributed by atoms with Crippen molar-refractivity contribution in [3.63, 3.8) is 0 Å². The summed E-state index contributed by atoms with van der Waals surface area (Å²) in [7, 11) is 0. The van der Waals surface area contributed by atoms with E-state index in [-0.39, 0.29) is 24.8 Å². The molecule has 1 atom stereocenters. The molecule has 4 rings (SSSR count). The number of rotatable bonds is 5. The molecule has 2 aliphatic rings. The lowest BCUT2D eigenvalue weighted by molar-refractivity contribution is -0.125. The second-order valence-corrected chi connectivity index (χ2v) is 8.05. The van der Waals surface area contributed by atoms with Gasteiger partial charge in [-0.25, -0.2) is 4.98 Å². The molecule has 0 fully saturated rings. The van der Waals surface area contributed by atoms with E-state index < -0.39 is 6.04 Å². The van der Waals surface area contributed by atoms with Crippen LogP contribution >= 0.6 is 23.2 Å². The number of benzene rings is 1. The van der Waals surface area contributed by atoms with Crippen molar-refractivity contribution in [2.75, 3.05) is 19.7 Å². The van der Waals surface area contributed by atoms with Crippen molar-refractivity contribution in [1.29, 1.82) is 0 Å². The molecular weight excluding hydrogens is 439 g/mol. The molecule has 1 aliphatic carbocycles. The number of aliphatic hydroxyl groups excluding tert-OH is 1. The number of nitrogens with one attached hydrogen (secondary N) is 2. The standard InChI is InChI=1S/C22H20Cl2N4O3/c23-14-5-8-17-18(11-14)26-20(25-17)19(12-29)27-21(30)13-3-6-15(16(24)7-4-13)22(31)28-9-1-2-10-28/h1-3,5-8,11,19,29H,4,9-10,12H2,(H,25,26)(H,27,30). The number of imidazole rings is 1. The van der Waals surface area contributed by atoms with Gasteiger partial charge < -0.3 is 20.3 Å². The second-order valence-electron chi connectivity index (χ2n) is 7.20. The van der Waals surface area contributed by atoms with Gasteiger partial charge in [-0.15, -0.1) is 0 Å². The number of nitrogens with zero attached hydrogens (tertiary/aromatic N) is 2. The van der Waals surface area contributed by atoms with Gasteiger partial charge in [0.2, 0.25) is 5.91 Å². The molecule has 0 saturated carbocycles. The Balaban J connectivity index is 1.51. The predicted octanol–water partition coefficient (Wildman–Crippen LogP) is 3.14. The fourth-order valence-corrected chi connectivity index (χ4v) is 3.81. The minimum atomic E-state index is -0.733. The van der Waals surface area contributed by atoms with Crippen LogP contribution in [0.25, 0.3) is 11.0 Å². The molecule has 1 aromatic carbocycles. The highest BCUT2D eigenvalue weighted by atomic mass is 35.5. The molecule has 0 saturated heterocycles. The molecule has 2 amide bonds. The van der Waals surface area contributed by atoms with Crippen molar-refractivity contribution in [3.8, 4) is 0 Å². The molecule has 3 N–H and O–H groups in total. The second kappa shape index (κ2) is 9.09. The van der Waals surface area contributed by atoms with Crippen molar-refractivity contribution in [2.45, 2.75) is 12.5 Å². The van der Waals surface area contributed by atoms with Crippen LogP contribution < -0.4 is 5.32 Å². The Morgan fingerprint density at radius 3 is 2.74 bits per heavy atom. The third-order valence-electron chi connectivity index (χ3n) is 5.12. The van der Waals surface area contributed by atoms with Gasteiger partial charge in [-0.05, 0) is 30.7 Å². The van der Waals surface area contributed by atoms with Gasteiger partial charge in [-0.3, -0.25) is 9.59 Å². The van der Waals surface area contributed by atoms with Crippen molar-refractivity contribution in [2.24, 2.45) is 0 Å². The number of allylic oxidation sites excluding steroid dienone is 3. The summed E-state index contributed by atoms with van der Waals surface area (Å²) in [6.07, 6.45) is 8.89. The Labute approximate surface area is 188 Å². The number of fused-ring (bicyclic) bond motifs is 1. The monoisotopic (exact) mass is 458 g/mol. The Kier molecular flexibility index (Phi) is 6.27. The van der Waals surface area contributed by atoms with Crippen LogP contribution in [0.15, 0.2) is 64.8 Å². The minimum Gasteiger partial charge on any atom is -0.394 e. The van der Waals surface area contributed by atoms with Gasteiger partial charge in [0.25, 0.3) is 5.91 Å². The highest BCUT2D eigenvalue weighted by Crippen LogP contribution is 2.25. The number of amides is 2. The van der Waals surface area contributed by atoms with Gasteiger partial charge in [-0.1, -0.05) is 47.5 Å². The average molecular weight is 459 g/mol. The topological polar surface area (TPSA) is 98.3 Å². The number of carbonyl (C=O) groups is 2. The van der Waals surface area contributed by atoms with Crippen molar-refractivity contribution < 1.29 is 14.7 Å². The molecule has 160 valence electrons. The summed E-state index contributed by atoms with van der Waals surface area (Å²) in [6, 6.07) is 4.47. The molecule has 0 radical (unpaired) electrons. The Morgan fingerprint density at radius 1 is 1.23 bits per heavy atom. The maximum Gasteiger partial charge on any atom is 0.255 e. The van der Waals surface area contributed by atoms with Gasteiger partial charge in [0.15, 0.2) is 0 Å². The number of carbonyl (C=O) groups excluding carboxylic acids is 2. The number of hydrogen-bond donors (Lipinski definition) is 3. The zero-order valence-electron chi connectivity index (χ0n) is 16.4. The van der Waals surface area contributed by atoms with Gasteiger partial charge in [0, 0.05) is 28.7 Å². The molecule has 9 heteroatoms. The maximum atomic E-state index is 12.8. The maximum absolute atomic E-state index is 12.8. The van der Waals surface area contributed by atoms with E-state index in [0.29, 0.717) is 51.1 Å². The molecule has 0 bridgehead atoms. The van der Waals surface area contributed by atoms with Crippen LogP contribution in [0.5, 0.6) is 0 Å². The molecule has 2 aromatic rings. The van der Waals surface area contributed by atoms with E-state index in [4.69, 9.17) is 23.2 Å². The van der Waals surface area contributed by atoms with Gasteiger partial charge in [-0.2, -0.15) is 0 Å². The van der Waals surface area contributed by atoms with Crippen LogP contribution in [0.1, 0.15) is 18.3 Å². The van der Waals surface area contributed by atoms with Crippen molar-refractivity contribution in [1.82, 2.24) is 20.2 Å². The largest absolute Gasteiger partial charge is 0.394 e. The van der Waals surface area contributed by atoms with Crippen LogP contribution in [0, 0.1) is 0 Å². The normalized spacial score (nSPS) is 17.1. The van der Waals surface area contributed by atoms with E-state index in [2.05, 4.69) is 15.3 Å². The Hall–Kier alpha value is -2.87. The number of H-pyrrole nitrogens is 1. The molecule has 2 heterocycles. The van der Waals surface area contributed by atoms with E-state index in [1.165, 1.54) is 0 Å². The predicted molar refractivity (Wildman–Crippen MR) is 120 cm³/mol. The average Bonchev–Trinajstić information content (AvgIpc) is 3.39. The van der Waals surface area contributed by atoms with E-state index in [9.17, 15) is 14.7 Å². The molecule has 31 heavy (non-hydrogen) atoms. The van der Waals surface area contributed by atoms with E-state index in [1.807, 2.05) is 12.2 Å². The first-order valence-corrected chi connectivity index (χ1v) is 10.5. The third kappa shape index (κ3) is 4.58. The van der Waals surface area contributed by atoms with E-state index in [1.54, 1.807) is 41.3 Å². The van der Waals surface area contributed by atoms with Crippen LogP contribution in [-0.4, -0.2) is 51.5 Å². The Morgan fingerprint density at radius 2 is 2.00 bits per heavy atom. The number of aromatic nitrogens is 2. The highest BCUT2D eigenvalue weighted by Gasteiger charge is 2.24. The lowest BCUT2D eigenvalue weighted by atomic mass is 10.1. The van der Waals surface area contributed by atoms with Crippen LogP contribution in [0.4, 0.5) is 0 Å². The zero-order chi connectivity index (χ0) is 22.0. The summed E-state index contributed by atoms with van der Waals surface area (Å²) in [5.74, 6) is -0.145. The fraction of sp³-hybridized carbons (Fsp3) is 0.227. The smallest absolute Gasteiger partial charge is 0.255 e.